The second kappa shape index (κ2) is 9.89. The third-order valence-corrected chi connectivity index (χ3v) is 4.14. The lowest BCUT2D eigenvalue weighted by atomic mass is 10.3. The molecule has 0 radical (unpaired) electrons. The van der Waals surface area contributed by atoms with E-state index in [1.807, 2.05) is 6.92 Å². The molecule has 2 aromatic rings. The quantitative estimate of drug-likeness (QED) is 0.641. The third kappa shape index (κ3) is 6.54. The number of hydrogen-bond acceptors (Lipinski definition) is 3. The number of quaternary nitrogens is 1. The molecule has 8 heteroatoms. The molecule has 3 N–H and O–H groups in total. The van der Waals surface area contributed by atoms with Crippen molar-refractivity contribution in [1.82, 2.24) is 0 Å². The summed E-state index contributed by atoms with van der Waals surface area (Å²) in [6, 6.07) is 11.0. The predicted molar refractivity (Wildman–Crippen MR) is 103 cm³/mol. The molecular formula is C19H22ClFN3O3+. The van der Waals surface area contributed by atoms with Crippen LogP contribution >= 0.6 is 11.6 Å². The second-order valence-electron chi connectivity index (χ2n) is 5.91. The summed E-state index contributed by atoms with van der Waals surface area (Å²) in [4.78, 5) is 25.1. The molecule has 0 aliphatic carbocycles. The molecule has 2 rings (SSSR count). The number of amides is 2. The molecule has 2 aromatic carbocycles. The van der Waals surface area contributed by atoms with E-state index in [0.29, 0.717) is 18.0 Å². The summed E-state index contributed by atoms with van der Waals surface area (Å²) in [6.45, 7) is 2.58. The number of ether oxygens (including phenoxy) is 1. The Morgan fingerprint density at radius 1 is 1.07 bits per heavy atom. The summed E-state index contributed by atoms with van der Waals surface area (Å²) >= 11 is 5.69. The van der Waals surface area contributed by atoms with E-state index in [1.165, 1.54) is 12.1 Å². The van der Waals surface area contributed by atoms with Crippen LogP contribution in [0, 0.1) is 5.82 Å². The smallest absolute Gasteiger partial charge is 0.279 e. The topological polar surface area (TPSA) is 71.9 Å². The van der Waals surface area contributed by atoms with Gasteiger partial charge < -0.3 is 20.3 Å². The third-order valence-electron chi connectivity index (χ3n) is 3.90. The molecule has 1 unspecified atom stereocenters. The number of hydrogen-bond donors (Lipinski definition) is 3. The van der Waals surface area contributed by atoms with Crippen LogP contribution in [0.5, 0.6) is 5.75 Å². The van der Waals surface area contributed by atoms with Gasteiger partial charge in [-0.1, -0.05) is 11.6 Å². The van der Waals surface area contributed by atoms with Gasteiger partial charge in [0.1, 0.15) is 11.6 Å². The van der Waals surface area contributed by atoms with Crippen molar-refractivity contribution in [1.29, 1.82) is 0 Å². The Morgan fingerprint density at radius 3 is 2.26 bits per heavy atom. The average Bonchev–Trinajstić information content (AvgIpc) is 2.64. The Labute approximate surface area is 162 Å². The van der Waals surface area contributed by atoms with Crippen molar-refractivity contribution in [3.63, 3.8) is 0 Å². The molecule has 0 aliphatic rings. The van der Waals surface area contributed by atoms with Gasteiger partial charge in [-0.05, 0) is 49.4 Å². The van der Waals surface area contributed by atoms with Gasteiger partial charge in [-0.3, -0.25) is 9.59 Å². The van der Waals surface area contributed by atoms with Crippen molar-refractivity contribution >= 4 is 34.8 Å². The maximum Gasteiger partial charge on any atom is 0.279 e. The summed E-state index contributed by atoms with van der Waals surface area (Å²) in [5, 5.41) is 5.52. The number of likely N-dealkylation sites (N-methyl/N-ethyl adjacent to an activating group) is 1. The van der Waals surface area contributed by atoms with Gasteiger partial charge in [-0.2, -0.15) is 0 Å². The van der Waals surface area contributed by atoms with Crippen molar-refractivity contribution in [3.8, 4) is 5.75 Å². The van der Waals surface area contributed by atoms with Crippen LogP contribution in [-0.4, -0.2) is 38.6 Å². The zero-order valence-corrected chi connectivity index (χ0v) is 15.9. The Hall–Kier alpha value is -2.64. The van der Waals surface area contributed by atoms with Crippen molar-refractivity contribution in [3.05, 3.63) is 53.3 Å². The number of benzene rings is 2. The molecule has 6 nitrogen and oxygen atoms in total. The van der Waals surface area contributed by atoms with Crippen LogP contribution in [0.15, 0.2) is 42.5 Å². The fraction of sp³-hybridized carbons (Fsp3) is 0.263. The van der Waals surface area contributed by atoms with E-state index < -0.39 is 5.82 Å². The molecule has 0 bridgehead atoms. The van der Waals surface area contributed by atoms with E-state index in [4.69, 9.17) is 16.3 Å². The number of halogens is 2. The number of carbonyl (C=O) groups excluding carboxylic acids is 2. The minimum Gasteiger partial charge on any atom is -0.497 e. The first-order valence-corrected chi connectivity index (χ1v) is 8.81. The summed E-state index contributed by atoms with van der Waals surface area (Å²) in [6.07, 6.45) is 0. The summed E-state index contributed by atoms with van der Waals surface area (Å²) in [5.41, 5.74) is 0.700. The van der Waals surface area contributed by atoms with Gasteiger partial charge in [0.25, 0.3) is 11.8 Å². The van der Waals surface area contributed by atoms with Crippen LogP contribution in [-0.2, 0) is 9.59 Å². The first-order chi connectivity index (χ1) is 12.9. The lowest BCUT2D eigenvalue weighted by Crippen LogP contribution is -3.13. The first-order valence-electron chi connectivity index (χ1n) is 8.43. The maximum absolute atomic E-state index is 13.8. The minimum absolute atomic E-state index is 0.0363. The SMILES string of the molecule is CC[NH+](CC(=O)Nc1ccc(OC)cc1)CC(=O)Nc1ccc(Cl)cc1F. The maximum atomic E-state index is 13.8. The normalized spacial score (nSPS) is 11.6. The fourth-order valence-electron chi connectivity index (χ4n) is 2.43. The highest BCUT2D eigenvalue weighted by Crippen LogP contribution is 2.18. The van der Waals surface area contributed by atoms with Crippen molar-refractivity contribution in [2.24, 2.45) is 0 Å². The number of carbonyl (C=O) groups is 2. The molecule has 0 heterocycles. The van der Waals surface area contributed by atoms with Crippen LogP contribution in [0.2, 0.25) is 5.02 Å². The van der Waals surface area contributed by atoms with E-state index in [-0.39, 0.29) is 35.6 Å². The van der Waals surface area contributed by atoms with E-state index in [9.17, 15) is 14.0 Å². The molecular weight excluding hydrogens is 373 g/mol. The molecule has 0 saturated heterocycles. The Kier molecular flexibility index (Phi) is 7.57. The van der Waals surface area contributed by atoms with Crippen molar-refractivity contribution in [2.75, 3.05) is 37.4 Å². The molecule has 0 fully saturated rings. The second-order valence-corrected chi connectivity index (χ2v) is 6.34. The van der Waals surface area contributed by atoms with E-state index >= 15 is 0 Å². The number of rotatable bonds is 8. The zero-order chi connectivity index (χ0) is 19.8. The standard InChI is InChI=1S/C19H21ClFN3O3/c1-3-24(11-18(25)22-14-5-7-15(27-2)8-6-14)12-19(26)23-17-9-4-13(20)10-16(17)21/h4-10H,3,11-12H2,1-2H3,(H,22,25)(H,23,26)/p+1. The van der Waals surface area contributed by atoms with Gasteiger partial charge in [0.15, 0.2) is 13.1 Å². The molecule has 27 heavy (non-hydrogen) atoms. The van der Waals surface area contributed by atoms with Crippen LogP contribution in [0.1, 0.15) is 6.92 Å². The van der Waals surface area contributed by atoms with Crippen molar-refractivity contribution in [2.45, 2.75) is 6.92 Å². The summed E-state index contributed by atoms with van der Waals surface area (Å²) in [7, 11) is 1.57. The van der Waals surface area contributed by atoms with Crippen LogP contribution < -0.4 is 20.3 Å². The average molecular weight is 395 g/mol. The molecule has 2 amide bonds. The van der Waals surface area contributed by atoms with Crippen molar-refractivity contribution < 1.29 is 23.6 Å². The molecule has 1 atom stereocenters. The van der Waals surface area contributed by atoms with Gasteiger partial charge >= 0.3 is 0 Å². The van der Waals surface area contributed by atoms with Gasteiger partial charge in [0.05, 0.1) is 19.3 Å². The molecule has 0 aromatic heterocycles. The van der Waals surface area contributed by atoms with E-state index in [0.717, 1.165) is 11.0 Å². The van der Waals surface area contributed by atoms with Crippen LogP contribution in [0.25, 0.3) is 0 Å². The zero-order valence-electron chi connectivity index (χ0n) is 15.1. The van der Waals surface area contributed by atoms with Gasteiger partial charge in [0.2, 0.25) is 0 Å². The number of methoxy groups -OCH3 is 1. The van der Waals surface area contributed by atoms with Gasteiger partial charge in [0, 0.05) is 10.7 Å². The minimum atomic E-state index is -0.605. The number of nitrogens with one attached hydrogen (secondary N) is 3. The lowest BCUT2D eigenvalue weighted by Gasteiger charge is -2.17. The molecule has 0 saturated carbocycles. The lowest BCUT2D eigenvalue weighted by molar-refractivity contribution is -0.881. The Bertz CT molecular complexity index is 799. The molecule has 144 valence electrons. The predicted octanol–water partition coefficient (Wildman–Crippen LogP) is 1.97. The fourth-order valence-corrected chi connectivity index (χ4v) is 2.59. The highest BCUT2D eigenvalue weighted by atomic mass is 35.5. The largest absolute Gasteiger partial charge is 0.497 e. The Balaban J connectivity index is 1.87. The summed E-state index contributed by atoms with van der Waals surface area (Å²) < 4.78 is 18.8. The van der Waals surface area contributed by atoms with Crippen LogP contribution in [0.3, 0.4) is 0 Å². The van der Waals surface area contributed by atoms with Crippen LogP contribution in [0.4, 0.5) is 15.8 Å². The highest BCUT2D eigenvalue weighted by Gasteiger charge is 2.18. The van der Waals surface area contributed by atoms with E-state index in [2.05, 4.69) is 10.6 Å². The first kappa shape index (κ1) is 20.7. The highest BCUT2D eigenvalue weighted by molar-refractivity contribution is 6.30. The van der Waals surface area contributed by atoms with Gasteiger partial charge in [-0.15, -0.1) is 0 Å². The monoisotopic (exact) mass is 394 g/mol. The van der Waals surface area contributed by atoms with Gasteiger partial charge in [-0.25, -0.2) is 4.39 Å². The van der Waals surface area contributed by atoms with E-state index in [1.54, 1.807) is 31.4 Å². The number of anilines is 2. The molecule has 0 spiro atoms. The molecule has 0 aliphatic heterocycles. The summed E-state index contributed by atoms with van der Waals surface area (Å²) in [5.74, 6) is -0.515. The Morgan fingerprint density at radius 2 is 1.70 bits per heavy atom.